The molecule has 0 aromatic carbocycles. The lowest BCUT2D eigenvalue weighted by Gasteiger charge is -2.31. The Bertz CT molecular complexity index is 321. The van der Waals surface area contributed by atoms with Crippen molar-refractivity contribution in [1.82, 2.24) is 0 Å². The van der Waals surface area contributed by atoms with Crippen LogP contribution in [0.2, 0.25) is 0 Å². The molecule has 0 saturated heterocycles. The predicted octanol–water partition coefficient (Wildman–Crippen LogP) is 4.05. The number of rotatable bonds is 1. The highest BCUT2D eigenvalue weighted by molar-refractivity contribution is 5.28. The summed E-state index contributed by atoms with van der Waals surface area (Å²) in [6, 6.07) is 0. The molecule has 2 bridgehead atoms. The van der Waals surface area contributed by atoms with Crippen LogP contribution >= 0.6 is 0 Å². The molecular formula is C15H22. The fourth-order valence-corrected chi connectivity index (χ4v) is 4.85. The summed E-state index contributed by atoms with van der Waals surface area (Å²) in [5.41, 5.74) is 1.65. The standard InChI is InChI=1S/C15H22/c1-9(2)14-12-7-8-13(14)15-10(3)5-4-6-11(12)15/h4-6,9,11-15H,7-8H2,1-3H3. The van der Waals surface area contributed by atoms with E-state index in [0.717, 1.165) is 35.5 Å². The maximum Gasteiger partial charge on any atom is -0.0106 e. The van der Waals surface area contributed by atoms with Gasteiger partial charge in [-0.3, -0.25) is 0 Å². The van der Waals surface area contributed by atoms with E-state index in [2.05, 4.69) is 39.0 Å². The van der Waals surface area contributed by atoms with Crippen molar-refractivity contribution in [2.24, 2.45) is 35.5 Å². The minimum atomic E-state index is 0.884. The first-order valence-electron chi connectivity index (χ1n) is 6.55. The summed E-state index contributed by atoms with van der Waals surface area (Å²) in [4.78, 5) is 0. The van der Waals surface area contributed by atoms with E-state index in [1.54, 1.807) is 5.57 Å². The molecule has 0 aromatic heterocycles. The molecule has 0 aliphatic heterocycles. The maximum atomic E-state index is 2.50. The lowest BCUT2D eigenvalue weighted by molar-refractivity contribution is 0.284. The Balaban J connectivity index is 1.97. The molecule has 2 fully saturated rings. The largest absolute Gasteiger partial charge is 0.0805 e. The Morgan fingerprint density at radius 1 is 1.20 bits per heavy atom. The van der Waals surface area contributed by atoms with Crippen molar-refractivity contribution in [3.05, 3.63) is 23.8 Å². The van der Waals surface area contributed by atoms with E-state index in [-0.39, 0.29) is 0 Å². The molecule has 0 aromatic rings. The van der Waals surface area contributed by atoms with Crippen LogP contribution in [0.1, 0.15) is 33.6 Å². The highest BCUT2D eigenvalue weighted by Gasteiger charge is 2.54. The van der Waals surface area contributed by atoms with Crippen molar-refractivity contribution in [3.8, 4) is 0 Å². The first-order valence-corrected chi connectivity index (χ1v) is 6.55. The summed E-state index contributed by atoms with van der Waals surface area (Å²) >= 11 is 0. The second kappa shape index (κ2) is 3.23. The molecule has 3 aliphatic carbocycles. The van der Waals surface area contributed by atoms with Gasteiger partial charge in [0.1, 0.15) is 0 Å². The lowest BCUT2D eigenvalue weighted by atomic mass is 9.73. The van der Waals surface area contributed by atoms with Crippen LogP contribution in [0.15, 0.2) is 23.8 Å². The van der Waals surface area contributed by atoms with Crippen LogP contribution in [-0.4, -0.2) is 0 Å². The molecule has 0 amide bonds. The molecule has 3 rings (SSSR count). The van der Waals surface area contributed by atoms with Crippen LogP contribution < -0.4 is 0 Å². The van der Waals surface area contributed by atoms with Crippen molar-refractivity contribution in [3.63, 3.8) is 0 Å². The summed E-state index contributed by atoms with van der Waals surface area (Å²) in [6.07, 6.45) is 10.1. The van der Waals surface area contributed by atoms with Gasteiger partial charge in [-0.15, -0.1) is 0 Å². The average molecular weight is 202 g/mol. The molecule has 2 saturated carbocycles. The fourth-order valence-electron chi connectivity index (χ4n) is 4.85. The molecule has 5 unspecified atom stereocenters. The quantitative estimate of drug-likeness (QED) is 0.602. The van der Waals surface area contributed by atoms with Gasteiger partial charge in [0.25, 0.3) is 0 Å². The Kier molecular flexibility index (Phi) is 2.09. The zero-order chi connectivity index (χ0) is 10.6. The number of hydrogen-bond acceptors (Lipinski definition) is 0. The van der Waals surface area contributed by atoms with Gasteiger partial charge in [-0.05, 0) is 55.3 Å². The molecule has 0 N–H and O–H groups in total. The normalized spacial score (nSPS) is 47.2. The van der Waals surface area contributed by atoms with Gasteiger partial charge in [0.05, 0.1) is 0 Å². The SMILES string of the molecule is CC1=CC=CC2C3CCC(C12)C3C(C)C. The van der Waals surface area contributed by atoms with E-state index in [0.29, 0.717) is 0 Å². The Hall–Kier alpha value is -0.520. The molecule has 0 nitrogen and oxygen atoms in total. The number of hydrogen-bond donors (Lipinski definition) is 0. The van der Waals surface area contributed by atoms with E-state index in [1.165, 1.54) is 12.8 Å². The summed E-state index contributed by atoms with van der Waals surface area (Å²) in [6.45, 7) is 7.20. The average Bonchev–Trinajstić information content (AvgIpc) is 2.73. The monoisotopic (exact) mass is 202 g/mol. The summed E-state index contributed by atoms with van der Waals surface area (Å²) < 4.78 is 0. The Morgan fingerprint density at radius 2 is 1.93 bits per heavy atom. The molecule has 3 aliphatic rings. The van der Waals surface area contributed by atoms with Gasteiger partial charge in [-0.1, -0.05) is 37.6 Å². The van der Waals surface area contributed by atoms with Gasteiger partial charge in [0.2, 0.25) is 0 Å². The van der Waals surface area contributed by atoms with Gasteiger partial charge in [-0.25, -0.2) is 0 Å². The zero-order valence-corrected chi connectivity index (χ0v) is 10.1. The smallest absolute Gasteiger partial charge is 0.0106 e. The minimum absolute atomic E-state index is 0.884. The van der Waals surface area contributed by atoms with Crippen LogP contribution in [0.25, 0.3) is 0 Å². The van der Waals surface area contributed by atoms with Crippen LogP contribution in [0.5, 0.6) is 0 Å². The molecule has 82 valence electrons. The van der Waals surface area contributed by atoms with Crippen molar-refractivity contribution in [2.45, 2.75) is 33.6 Å². The molecule has 5 atom stereocenters. The van der Waals surface area contributed by atoms with Gasteiger partial charge in [0.15, 0.2) is 0 Å². The second-order valence-corrected chi connectivity index (χ2v) is 6.13. The molecule has 15 heavy (non-hydrogen) atoms. The second-order valence-electron chi connectivity index (χ2n) is 6.13. The number of allylic oxidation sites excluding steroid dienone is 4. The topological polar surface area (TPSA) is 0 Å². The predicted molar refractivity (Wildman–Crippen MR) is 64.4 cm³/mol. The molecule has 0 heteroatoms. The number of fused-ring (bicyclic) bond motifs is 5. The van der Waals surface area contributed by atoms with Gasteiger partial charge in [-0.2, -0.15) is 0 Å². The third-order valence-corrected chi connectivity index (χ3v) is 5.18. The van der Waals surface area contributed by atoms with E-state index in [4.69, 9.17) is 0 Å². The summed E-state index contributed by atoms with van der Waals surface area (Å²) in [5.74, 6) is 5.68. The molecule has 0 radical (unpaired) electrons. The van der Waals surface area contributed by atoms with E-state index in [1.807, 2.05) is 0 Å². The minimum Gasteiger partial charge on any atom is -0.0805 e. The van der Waals surface area contributed by atoms with Gasteiger partial charge >= 0.3 is 0 Å². The van der Waals surface area contributed by atoms with Crippen LogP contribution in [-0.2, 0) is 0 Å². The Morgan fingerprint density at radius 3 is 2.60 bits per heavy atom. The van der Waals surface area contributed by atoms with Gasteiger partial charge in [0, 0.05) is 0 Å². The van der Waals surface area contributed by atoms with E-state index >= 15 is 0 Å². The first-order chi connectivity index (χ1) is 7.20. The third kappa shape index (κ3) is 1.20. The molecular weight excluding hydrogens is 180 g/mol. The van der Waals surface area contributed by atoms with Crippen molar-refractivity contribution < 1.29 is 0 Å². The van der Waals surface area contributed by atoms with E-state index < -0.39 is 0 Å². The fraction of sp³-hybridized carbons (Fsp3) is 0.733. The van der Waals surface area contributed by atoms with Crippen LogP contribution in [0.4, 0.5) is 0 Å². The van der Waals surface area contributed by atoms with Crippen molar-refractivity contribution in [1.29, 1.82) is 0 Å². The highest BCUT2D eigenvalue weighted by Crippen LogP contribution is 2.61. The third-order valence-electron chi connectivity index (χ3n) is 5.18. The molecule has 0 spiro atoms. The van der Waals surface area contributed by atoms with Crippen LogP contribution in [0, 0.1) is 35.5 Å². The summed E-state index contributed by atoms with van der Waals surface area (Å²) in [5, 5.41) is 0. The van der Waals surface area contributed by atoms with E-state index in [9.17, 15) is 0 Å². The first kappa shape index (κ1) is 9.69. The Labute approximate surface area is 93.5 Å². The van der Waals surface area contributed by atoms with Crippen molar-refractivity contribution >= 4 is 0 Å². The zero-order valence-electron chi connectivity index (χ0n) is 10.1. The molecule has 0 heterocycles. The van der Waals surface area contributed by atoms with Gasteiger partial charge < -0.3 is 0 Å². The van der Waals surface area contributed by atoms with Crippen LogP contribution in [0.3, 0.4) is 0 Å². The highest BCUT2D eigenvalue weighted by atomic mass is 14.6. The van der Waals surface area contributed by atoms with Crippen molar-refractivity contribution in [2.75, 3.05) is 0 Å². The maximum absolute atomic E-state index is 2.50. The summed E-state index contributed by atoms with van der Waals surface area (Å²) in [7, 11) is 0. The lowest BCUT2D eigenvalue weighted by Crippen LogP contribution is -2.23.